The van der Waals surface area contributed by atoms with Gasteiger partial charge >= 0.3 is 5.97 Å². The number of fused-ring (bicyclic) bond motifs is 1. The number of ether oxygens (including phenoxy) is 1. The summed E-state index contributed by atoms with van der Waals surface area (Å²) in [4.78, 5) is 11.6. The van der Waals surface area contributed by atoms with E-state index in [2.05, 4.69) is 26.0 Å². The number of carbonyl (C=O) groups excluding carboxylic acids is 1. The van der Waals surface area contributed by atoms with Gasteiger partial charge in [-0.3, -0.25) is 4.79 Å². The number of rotatable bonds is 2. The molecule has 148 valence electrons. The maximum absolute atomic E-state index is 11.6. The lowest BCUT2D eigenvalue weighted by molar-refractivity contribution is -0.163. The summed E-state index contributed by atoms with van der Waals surface area (Å²) in [5.41, 5.74) is 0.245. The molecule has 0 saturated heterocycles. The van der Waals surface area contributed by atoms with Crippen molar-refractivity contribution in [3.8, 4) is 0 Å². The first-order valence-corrected chi connectivity index (χ1v) is 9.87. The van der Waals surface area contributed by atoms with Crippen LogP contribution in [-0.2, 0) is 9.53 Å². The first kappa shape index (κ1) is 21.2. The van der Waals surface area contributed by atoms with Crippen LogP contribution < -0.4 is 0 Å². The van der Waals surface area contributed by atoms with E-state index in [9.17, 15) is 15.0 Å². The quantitative estimate of drug-likeness (QED) is 0.574. The number of allylic oxidation sites excluding steroid dienone is 2. The maximum atomic E-state index is 11.6. The second-order valence-corrected chi connectivity index (χ2v) is 9.30. The SMILES string of the molecule is CC(=O)OC(C)(C)C1CC[C@]2(C)C=CC(C)C[C@@H](O)C=C(C)CC(O)C12. The molecule has 2 aliphatic carbocycles. The van der Waals surface area contributed by atoms with E-state index in [0.717, 1.165) is 18.4 Å². The van der Waals surface area contributed by atoms with Gasteiger partial charge in [0.2, 0.25) is 0 Å². The van der Waals surface area contributed by atoms with Gasteiger partial charge < -0.3 is 14.9 Å². The third-order valence-corrected chi connectivity index (χ3v) is 6.33. The molecule has 0 aromatic carbocycles. The summed E-state index contributed by atoms with van der Waals surface area (Å²) in [5.74, 6) is 0.0733. The van der Waals surface area contributed by atoms with Crippen LogP contribution in [0.2, 0.25) is 0 Å². The predicted molar refractivity (Wildman–Crippen MR) is 103 cm³/mol. The van der Waals surface area contributed by atoms with Crippen LogP contribution in [0.1, 0.15) is 67.2 Å². The summed E-state index contributed by atoms with van der Waals surface area (Å²) in [5, 5.41) is 21.4. The van der Waals surface area contributed by atoms with Crippen molar-refractivity contribution in [1.82, 2.24) is 0 Å². The molecule has 2 aliphatic rings. The summed E-state index contributed by atoms with van der Waals surface area (Å²) in [6, 6.07) is 0. The molecule has 4 unspecified atom stereocenters. The third-order valence-electron chi connectivity index (χ3n) is 6.33. The van der Waals surface area contributed by atoms with Gasteiger partial charge in [-0.2, -0.15) is 0 Å². The van der Waals surface area contributed by atoms with Gasteiger partial charge in [-0.25, -0.2) is 0 Å². The van der Waals surface area contributed by atoms with Crippen molar-refractivity contribution in [1.29, 1.82) is 0 Å². The lowest BCUT2D eigenvalue weighted by Gasteiger charge is -2.41. The van der Waals surface area contributed by atoms with Gasteiger partial charge in [0.25, 0.3) is 0 Å². The fourth-order valence-electron chi connectivity index (χ4n) is 5.17. The van der Waals surface area contributed by atoms with Crippen molar-refractivity contribution >= 4 is 5.97 Å². The second kappa shape index (κ2) is 7.85. The molecule has 6 atom stereocenters. The number of hydrogen-bond acceptors (Lipinski definition) is 4. The average Bonchev–Trinajstić information content (AvgIpc) is 2.81. The van der Waals surface area contributed by atoms with Gasteiger partial charge in [0.05, 0.1) is 12.2 Å². The highest BCUT2D eigenvalue weighted by molar-refractivity contribution is 5.66. The van der Waals surface area contributed by atoms with Crippen LogP contribution in [0.3, 0.4) is 0 Å². The highest BCUT2D eigenvalue weighted by Gasteiger charge is 2.53. The molecule has 0 aromatic heterocycles. The molecule has 2 N–H and O–H groups in total. The normalized spacial score (nSPS) is 38.9. The van der Waals surface area contributed by atoms with Crippen LogP contribution in [0.15, 0.2) is 23.8 Å². The molecular weight excluding hydrogens is 328 g/mol. The summed E-state index contributed by atoms with van der Waals surface area (Å²) >= 11 is 0. The number of esters is 1. The Morgan fingerprint density at radius 2 is 2.00 bits per heavy atom. The van der Waals surface area contributed by atoms with Crippen LogP contribution in [0.25, 0.3) is 0 Å². The van der Waals surface area contributed by atoms with Crippen molar-refractivity contribution < 1.29 is 19.7 Å². The van der Waals surface area contributed by atoms with Crippen LogP contribution in [0, 0.1) is 23.2 Å². The molecule has 0 radical (unpaired) electrons. The minimum Gasteiger partial charge on any atom is -0.460 e. The van der Waals surface area contributed by atoms with E-state index in [4.69, 9.17) is 4.74 Å². The Bertz CT molecular complexity index is 577. The standard InChI is InChI=1S/C22H36O4/c1-14-7-9-22(6)10-8-18(21(4,5)26-16(3)23)20(22)19(25)13-15(2)12-17(24)11-14/h7,9,12,14,17-20,24-25H,8,10-11,13H2,1-6H3/t14?,17-,18?,19?,20?,22+/m1/s1. The first-order chi connectivity index (χ1) is 11.9. The van der Waals surface area contributed by atoms with Crippen molar-refractivity contribution in [2.75, 3.05) is 0 Å². The van der Waals surface area contributed by atoms with Crippen LogP contribution in [0.5, 0.6) is 0 Å². The van der Waals surface area contributed by atoms with E-state index in [-0.39, 0.29) is 29.1 Å². The van der Waals surface area contributed by atoms with Crippen molar-refractivity contribution in [3.63, 3.8) is 0 Å². The molecule has 0 aliphatic heterocycles. The predicted octanol–water partition coefficient (Wildman–Crippen LogP) is 4.01. The van der Waals surface area contributed by atoms with E-state index in [0.29, 0.717) is 12.8 Å². The van der Waals surface area contributed by atoms with Gasteiger partial charge in [-0.05, 0) is 57.8 Å². The minimum absolute atomic E-state index is 0.00103. The number of aliphatic hydroxyl groups excluding tert-OH is 2. The molecule has 2 rings (SSSR count). The van der Waals surface area contributed by atoms with Gasteiger partial charge in [0.1, 0.15) is 5.60 Å². The second-order valence-electron chi connectivity index (χ2n) is 9.30. The van der Waals surface area contributed by atoms with Crippen LogP contribution >= 0.6 is 0 Å². The summed E-state index contributed by atoms with van der Waals surface area (Å²) < 4.78 is 5.65. The van der Waals surface area contributed by atoms with E-state index in [1.165, 1.54) is 6.92 Å². The molecule has 0 spiro atoms. The fraction of sp³-hybridized carbons (Fsp3) is 0.773. The Labute approximate surface area is 158 Å². The maximum Gasteiger partial charge on any atom is 0.303 e. The molecule has 26 heavy (non-hydrogen) atoms. The lowest BCUT2D eigenvalue weighted by atomic mass is 9.68. The lowest BCUT2D eigenvalue weighted by Crippen LogP contribution is -2.45. The zero-order chi connectivity index (χ0) is 19.7. The Hall–Kier alpha value is -1.13. The fourth-order valence-corrected chi connectivity index (χ4v) is 5.17. The first-order valence-electron chi connectivity index (χ1n) is 9.87. The van der Waals surface area contributed by atoms with E-state index >= 15 is 0 Å². The molecule has 4 nitrogen and oxygen atoms in total. The average molecular weight is 365 g/mol. The Balaban J connectivity index is 2.42. The molecule has 0 heterocycles. The summed E-state index contributed by atoms with van der Waals surface area (Å²) in [6.45, 7) is 11.7. The van der Waals surface area contributed by atoms with Gasteiger partial charge in [-0.1, -0.05) is 37.6 Å². The van der Waals surface area contributed by atoms with E-state index in [1.54, 1.807) is 0 Å². The van der Waals surface area contributed by atoms with E-state index in [1.807, 2.05) is 26.8 Å². The Morgan fingerprint density at radius 3 is 2.62 bits per heavy atom. The number of hydrogen-bond donors (Lipinski definition) is 2. The zero-order valence-electron chi connectivity index (χ0n) is 17.2. The monoisotopic (exact) mass is 364 g/mol. The van der Waals surface area contributed by atoms with Gasteiger partial charge in [0, 0.05) is 18.8 Å². The highest BCUT2D eigenvalue weighted by Crippen LogP contribution is 2.54. The van der Waals surface area contributed by atoms with Gasteiger partial charge in [0.15, 0.2) is 0 Å². The molecule has 4 heteroatoms. The van der Waals surface area contributed by atoms with E-state index < -0.39 is 17.8 Å². The summed E-state index contributed by atoms with van der Waals surface area (Å²) in [7, 11) is 0. The Kier molecular flexibility index (Phi) is 6.40. The van der Waals surface area contributed by atoms with Crippen molar-refractivity contribution in [2.24, 2.45) is 23.2 Å². The smallest absolute Gasteiger partial charge is 0.303 e. The highest BCUT2D eigenvalue weighted by atomic mass is 16.6. The molecular formula is C22H36O4. The van der Waals surface area contributed by atoms with Gasteiger partial charge in [-0.15, -0.1) is 0 Å². The topological polar surface area (TPSA) is 66.8 Å². The minimum atomic E-state index is -0.619. The van der Waals surface area contributed by atoms with Crippen LogP contribution in [-0.4, -0.2) is 34.0 Å². The molecule has 1 fully saturated rings. The summed E-state index contributed by atoms with van der Waals surface area (Å²) in [6.07, 6.45) is 8.36. The van der Waals surface area contributed by atoms with Crippen molar-refractivity contribution in [2.45, 2.75) is 85.0 Å². The Morgan fingerprint density at radius 1 is 1.35 bits per heavy atom. The third kappa shape index (κ3) is 4.77. The molecule has 1 saturated carbocycles. The molecule has 0 amide bonds. The number of aliphatic hydroxyl groups is 2. The van der Waals surface area contributed by atoms with Crippen LogP contribution in [0.4, 0.5) is 0 Å². The number of carbonyl (C=O) groups is 1. The zero-order valence-corrected chi connectivity index (χ0v) is 17.2. The molecule has 0 bridgehead atoms. The van der Waals surface area contributed by atoms with Crippen molar-refractivity contribution in [3.05, 3.63) is 23.8 Å². The largest absolute Gasteiger partial charge is 0.460 e. The molecule has 0 aromatic rings.